The molecule has 5 nitrogen and oxygen atoms in total. The Kier molecular flexibility index (Phi) is 6.55. The fraction of sp³-hybridized carbons (Fsp3) is 1.00. The van der Waals surface area contributed by atoms with Gasteiger partial charge in [0.25, 0.3) is 0 Å². The van der Waals surface area contributed by atoms with Crippen LogP contribution in [0.3, 0.4) is 0 Å². The number of nitrogens with two attached hydrogens (primary N) is 1. The van der Waals surface area contributed by atoms with Crippen molar-refractivity contribution in [3.8, 4) is 0 Å². The predicted octanol–water partition coefficient (Wildman–Crippen LogP) is 0.802. The zero-order valence-corrected chi connectivity index (χ0v) is 12.3. The van der Waals surface area contributed by atoms with Crippen LogP contribution < -0.4 is 5.73 Å². The van der Waals surface area contributed by atoms with Crippen molar-refractivity contribution in [2.75, 3.05) is 32.6 Å². The zero-order valence-electron chi connectivity index (χ0n) is 11.5. The monoisotopic (exact) mass is 278 g/mol. The van der Waals surface area contributed by atoms with E-state index in [2.05, 4.69) is 6.92 Å². The van der Waals surface area contributed by atoms with Gasteiger partial charge in [-0.25, -0.2) is 12.7 Å². The maximum absolute atomic E-state index is 11.5. The van der Waals surface area contributed by atoms with Gasteiger partial charge in [-0.3, -0.25) is 0 Å². The van der Waals surface area contributed by atoms with Crippen LogP contribution in [0.4, 0.5) is 0 Å². The molecular formula is C12H26N2O3S. The van der Waals surface area contributed by atoms with E-state index < -0.39 is 10.0 Å². The minimum absolute atomic E-state index is 0.0149. The van der Waals surface area contributed by atoms with Crippen molar-refractivity contribution in [1.82, 2.24) is 4.31 Å². The molecule has 1 heterocycles. The number of rotatable bonds is 7. The molecule has 0 bridgehead atoms. The van der Waals surface area contributed by atoms with Gasteiger partial charge in [0.05, 0.1) is 12.9 Å². The second-order valence-electron chi connectivity index (χ2n) is 5.20. The third kappa shape index (κ3) is 5.65. The smallest absolute Gasteiger partial charge is 0.211 e. The molecule has 6 heteroatoms. The fourth-order valence-electron chi connectivity index (χ4n) is 2.40. The van der Waals surface area contributed by atoms with E-state index in [0.29, 0.717) is 25.6 Å². The summed E-state index contributed by atoms with van der Waals surface area (Å²) < 4.78 is 30.0. The summed E-state index contributed by atoms with van der Waals surface area (Å²) in [6.07, 6.45) is 5.11. The Labute approximate surface area is 111 Å². The molecule has 0 aromatic rings. The third-order valence-electron chi connectivity index (χ3n) is 3.27. The molecule has 1 rings (SSSR count). The van der Waals surface area contributed by atoms with Crippen LogP contribution in [0.25, 0.3) is 0 Å². The van der Waals surface area contributed by atoms with Crippen molar-refractivity contribution in [2.45, 2.75) is 38.6 Å². The minimum atomic E-state index is -3.05. The summed E-state index contributed by atoms with van der Waals surface area (Å²) in [5.41, 5.74) is 6.01. The second-order valence-corrected chi connectivity index (χ2v) is 7.18. The second kappa shape index (κ2) is 7.43. The van der Waals surface area contributed by atoms with Crippen molar-refractivity contribution in [3.63, 3.8) is 0 Å². The lowest BCUT2D eigenvalue weighted by atomic mass is 9.93. The standard InChI is InChI=1S/C12H26N2O3S/c1-3-7-17-10-12(13)8-11-5-4-6-14(9-11)18(2,15)16/h11-12H,3-10,13H2,1-2H3. The number of hydrogen-bond donors (Lipinski definition) is 1. The molecule has 1 aliphatic heterocycles. The Balaban J connectivity index is 2.33. The van der Waals surface area contributed by atoms with Crippen LogP contribution >= 0.6 is 0 Å². The minimum Gasteiger partial charge on any atom is -0.380 e. The van der Waals surface area contributed by atoms with E-state index in [0.717, 1.165) is 32.3 Å². The number of nitrogens with zero attached hydrogens (tertiary/aromatic N) is 1. The van der Waals surface area contributed by atoms with Crippen molar-refractivity contribution < 1.29 is 13.2 Å². The highest BCUT2D eigenvalue weighted by Crippen LogP contribution is 2.22. The maximum atomic E-state index is 11.5. The molecule has 0 radical (unpaired) electrons. The summed E-state index contributed by atoms with van der Waals surface area (Å²) >= 11 is 0. The first-order valence-electron chi connectivity index (χ1n) is 6.72. The van der Waals surface area contributed by atoms with Gasteiger partial charge >= 0.3 is 0 Å². The molecule has 108 valence electrons. The van der Waals surface area contributed by atoms with Gasteiger partial charge in [-0.15, -0.1) is 0 Å². The van der Waals surface area contributed by atoms with E-state index in [4.69, 9.17) is 10.5 Å². The summed E-state index contributed by atoms with van der Waals surface area (Å²) in [7, 11) is -3.05. The first-order valence-corrected chi connectivity index (χ1v) is 8.56. The molecule has 1 saturated heterocycles. The number of piperidine rings is 1. The van der Waals surface area contributed by atoms with Crippen molar-refractivity contribution in [3.05, 3.63) is 0 Å². The average molecular weight is 278 g/mol. The third-order valence-corrected chi connectivity index (χ3v) is 4.54. The van der Waals surface area contributed by atoms with Gasteiger partial charge in [-0.1, -0.05) is 6.92 Å². The molecule has 2 atom stereocenters. The molecule has 1 aliphatic rings. The number of sulfonamides is 1. The van der Waals surface area contributed by atoms with E-state index in [9.17, 15) is 8.42 Å². The highest BCUT2D eigenvalue weighted by atomic mass is 32.2. The summed E-state index contributed by atoms with van der Waals surface area (Å²) in [6, 6.07) is 0.0149. The Hall–Kier alpha value is -0.170. The van der Waals surface area contributed by atoms with Crippen LogP contribution in [-0.4, -0.2) is 51.3 Å². The largest absolute Gasteiger partial charge is 0.380 e. The predicted molar refractivity (Wildman–Crippen MR) is 72.8 cm³/mol. The molecule has 0 aliphatic carbocycles. The van der Waals surface area contributed by atoms with E-state index >= 15 is 0 Å². The van der Waals surface area contributed by atoms with E-state index in [1.165, 1.54) is 6.26 Å². The lowest BCUT2D eigenvalue weighted by Gasteiger charge is -2.32. The van der Waals surface area contributed by atoms with E-state index in [1.807, 2.05) is 0 Å². The van der Waals surface area contributed by atoms with Gasteiger partial charge in [-0.2, -0.15) is 0 Å². The molecule has 0 amide bonds. The highest BCUT2D eigenvalue weighted by molar-refractivity contribution is 7.88. The van der Waals surface area contributed by atoms with Gasteiger partial charge in [0.15, 0.2) is 0 Å². The van der Waals surface area contributed by atoms with Crippen LogP contribution in [0.15, 0.2) is 0 Å². The lowest BCUT2D eigenvalue weighted by molar-refractivity contribution is 0.110. The Bertz CT molecular complexity index is 332. The van der Waals surface area contributed by atoms with Crippen molar-refractivity contribution in [2.24, 2.45) is 11.7 Å². The van der Waals surface area contributed by atoms with Gasteiger partial charge in [0, 0.05) is 25.7 Å². The van der Waals surface area contributed by atoms with Crippen LogP contribution in [0.1, 0.15) is 32.6 Å². The molecular weight excluding hydrogens is 252 g/mol. The molecule has 0 aromatic heterocycles. The average Bonchev–Trinajstić information content (AvgIpc) is 2.28. The molecule has 2 N–H and O–H groups in total. The molecule has 0 spiro atoms. The summed E-state index contributed by atoms with van der Waals surface area (Å²) in [5.74, 6) is 0.369. The zero-order chi connectivity index (χ0) is 13.6. The molecule has 1 fully saturated rings. The summed E-state index contributed by atoms with van der Waals surface area (Å²) in [5, 5.41) is 0. The summed E-state index contributed by atoms with van der Waals surface area (Å²) in [4.78, 5) is 0. The van der Waals surface area contributed by atoms with Crippen LogP contribution in [0, 0.1) is 5.92 Å². The van der Waals surface area contributed by atoms with Gasteiger partial charge in [0.2, 0.25) is 10.0 Å². The van der Waals surface area contributed by atoms with Gasteiger partial charge in [0.1, 0.15) is 0 Å². The highest BCUT2D eigenvalue weighted by Gasteiger charge is 2.26. The summed E-state index contributed by atoms with van der Waals surface area (Å²) in [6.45, 7) is 4.64. The fourth-order valence-corrected chi connectivity index (χ4v) is 3.34. The topological polar surface area (TPSA) is 72.6 Å². The Morgan fingerprint density at radius 1 is 1.50 bits per heavy atom. The Morgan fingerprint density at radius 2 is 2.22 bits per heavy atom. The number of hydrogen-bond acceptors (Lipinski definition) is 4. The SMILES string of the molecule is CCCOCC(N)CC1CCCN(S(C)(=O)=O)C1. The Morgan fingerprint density at radius 3 is 2.83 bits per heavy atom. The van der Waals surface area contributed by atoms with E-state index in [-0.39, 0.29) is 6.04 Å². The van der Waals surface area contributed by atoms with Gasteiger partial charge < -0.3 is 10.5 Å². The lowest BCUT2D eigenvalue weighted by Crippen LogP contribution is -2.41. The van der Waals surface area contributed by atoms with Gasteiger partial charge in [-0.05, 0) is 31.6 Å². The van der Waals surface area contributed by atoms with E-state index in [1.54, 1.807) is 4.31 Å². The number of ether oxygens (including phenoxy) is 1. The van der Waals surface area contributed by atoms with Crippen LogP contribution in [0.5, 0.6) is 0 Å². The first-order chi connectivity index (χ1) is 8.43. The van der Waals surface area contributed by atoms with Crippen molar-refractivity contribution >= 4 is 10.0 Å². The molecule has 18 heavy (non-hydrogen) atoms. The van der Waals surface area contributed by atoms with Crippen molar-refractivity contribution in [1.29, 1.82) is 0 Å². The first kappa shape index (κ1) is 15.9. The normalized spacial score (nSPS) is 24.1. The molecule has 0 aromatic carbocycles. The quantitative estimate of drug-likeness (QED) is 0.699. The van der Waals surface area contributed by atoms with Crippen LogP contribution in [-0.2, 0) is 14.8 Å². The maximum Gasteiger partial charge on any atom is 0.211 e. The molecule has 0 saturated carbocycles. The molecule has 2 unspecified atom stereocenters. The van der Waals surface area contributed by atoms with Crippen LogP contribution in [0.2, 0.25) is 0 Å².